The number of carbonyl (C=O) groups excluding carboxylic acids is 1. The number of nitrogens with zero attached hydrogens (tertiary/aromatic N) is 1. The zero-order valence-electron chi connectivity index (χ0n) is 15.3. The van der Waals surface area contributed by atoms with Crippen LogP contribution in [0, 0.1) is 13.8 Å². The molecule has 25 heavy (non-hydrogen) atoms. The smallest absolute Gasteiger partial charge is 0.325 e. The number of aromatic amines is 1. The van der Waals surface area contributed by atoms with Crippen LogP contribution in [0.1, 0.15) is 36.3 Å². The molecule has 7 nitrogen and oxygen atoms in total. The highest BCUT2D eigenvalue weighted by atomic mass is 16.5. The molecule has 0 spiro atoms. The molecule has 1 amide bonds. The molecule has 0 radical (unpaired) electrons. The lowest BCUT2D eigenvalue weighted by Gasteiger charge is -2.16. The number of aromatic nitrogens is 2. The molecule has 1 unspecified atom stereocenters. The molecule has 0 bridgehead atoms. The van der Waals surface area contributed by atoms with Crippen molar-refractivity contribution in [1.82, 2.24) is 14.9 Å². The summed E-state index contributed by atoms with van der Waals surface area (Å²) in [7, 11) is 3.15. The van der Waals surface area contributed by atoms with Gasteiger partial charge >= 0.3 is 5.69 Å². The number of carbonyl (C=O) groups is 1. The predicted molar refractivity (Wildman–Crippen MR) is 95.2 cm³/mol. The van der Waals surface area contributed by atoms with Gasteiger partial charge in [-0.15, -0.1) is 0 Å². The van der Waals surface area contributed by atoms with E-state index in [0.29, 0.717) is 18.0 Å². The largest absolute Gasteiger partial charge is 0.493 e. The standard InChI is InChI=1S/C18H25N3O4/c1-11-13(3)21(18(23)20-11)9-8-17(22)19-12(2)14-6-7-15(24-4)16(10-14)25-5/h6-7,10,12H,8-9H2,1-5H3,(H,19,22)(H,20,23). The third-order valence-corrected chi connectivity index (χ3v) is 4.33. The fourth-order valence-electron chi connectivity index (χ4n) is 2.67. The average molecular weight is 347 g/mol. The predicted octanol–water partition coefficient (Wildman–Crippen LogP) is 2.08. The highest BCUT2D eigenvalue weighted by Crippen LogP contribution is 2.29. The summed E-state index contributed by atoms with van der Waals surface area (Å²) in [6, 6.07) is 5.35. The number of benzene rings is 1. The Balaban J connectivity index is 1.99. The quantitative estimate of drug-likeness (QED) is 0.803. The topological polar surface area (TPSA) is 85.4 Å². The number of rotatable bonds is 7. The zero-order valence-corrected chi connectivity index (χ0v) is 15.3. The molecular weight excluding hydrogens is 322 g/mol. The summed E-state index contributed by atoms with van der Waals surface area (Å²) in [5.74, 6) is 1.14. The average Bonchev–Trinajstić information content (AvgIpc) is 2.84. The second-order valence-corrected chi connectivity index (χ2v) is 5.95. The molecule has 1 atom stereocenters. The molecule has 0 aliphatic rings. The summed E-state index contributed by atoms with van der Waals surface area (Å²) in [6.45, 7) is 5.94. The number of hydrogen-bond acceptors (Lipinski definition) is 4. The Morgan fingerprint density at radius 1 is 1.24 bits per heavy atom. The molecule has 7 heteroatoms. The second-order valence-electron chi connectivity index (χ2n) is 5.95. The van der Waals surface area contributed by atoms with E-state index in [1.54, 1.807) is 18.8 Å². The first-order valence-electron chi connectivity index (χ1n) is 8.14. The van der Waals surface area contributed by atoms with Gasteiger partial charge < -0.3 is 19.8 Å². The molecule has 1 aromatic carbocycles. The Morgan fingerprint density at radius 3 is 2.48 bits per heavy atom. The van der Waals surface area contributed by atoms with Crippen molar-refractivity contribution in [3.05, 3.63) is 45.6 Å². The molecule has 2 rings (SSSR count). The van der Waals surface area contributed by atoms with E-state index >= 15 is 0 Å². The number of methoxy groups -OCH3 is 2. The molecule has 1 aromatic heterocycles. The van der Waals surface area contributed by atoms with Gasteiger partial charge in [0.25, 0.3) is 0 Å². The highest BCUT2D eigenvalue weighted by molar-refractivity contribution is 5.76. The molecule has 0 aliphatic heterocycles. The van der Waals surface area contributed by atoms with E-state index < -0.39 is 0 Å². The number of hydrogen-bond donors (Lipinski definition) is 2. The maximum absolute atomic E-state index is 12.2. The molecule has 2 N–H and O–H groups in total. The minimum atomic E-state index is -0.185. The van der Waals surface area contributed by atoms with Gasteiger partial charge in [-0.25, -0.2) is 4.79 Å². The Morgan fingerprint density at radius 2 is 1.92 bits per heavy atom. The van der Waals surface area contributed by atoms with Crippen molar-refractivity contribution in [2.45, 2.75) is 39.8 Å². The third-order valence-electron chi connectivity index (χ3n) is 4.33. The lowest BCUT2D eigenvalue weighted by molar-refractivity contribution is -0.121. The Hall–Kier alpha value is -2.70. The molecule has 0 saturated carbocycles. The number of nitrogens with one attached hydrogen (secondary N) is 2. The molecular formula is C18H25N3O4. The van der Waals surface area contributed by atoms with E-state index in [2.05, 4.69) is 10.3 Å². The Bertz CT molecular complexity index is 807. The third kappa shape index (κ3) is 4.23. The number of aryl methyl sites for hydroxylation is 1. The summed E-state index contributed by atoms with van der Waals surface area (Å²) in [5.41, 5.74) is 2.41. The molecule has 2 aromatic rings. The minimum absolute atomic E-state index is 0.118. The van der Waals surface area contributed by atoms with E-state index in [4.69, 9.17) is 9.47 Å². The van der Waals surface area contributed by atoms with Gasteiger partial charge in [0.1, 0.15) is 0 Å². The number of ether oxygens (including phenoxy) is 2. The van der Waals surface area contributed by atoms with Crippen LogP contribution in [0.2, 0.25) is 0 Å². The molecule has 136 valence electrons. The number of H-pyrrole nitrogens is 1. The Kier molecular flexibility index (Phi) is 5.90. The van der Waals surface area contributed by atoms with Crippen LogP contribution in [0.3, 0.4) is 0 Å². The van der Waals surface area contributed by atoms with Gasteiger partial charge in [-0.2, -0.15) is 0 Å². The van der Waals surface area contributed by atoms with Crippen molar-refractivity contribution in [3.63, 3.8) is 0 Å². The van der Waals surface area contributed by atoms with Crippen LogP contribution >= 0.6 is 0 Å². The lowest BCUT2D eigenvalue weighted by Crippen LogP contribution is -2.29. The van der Waals surface area contributed by atoms with Gasteiger partial charge in [0.15, 0.2) is 11.5 Å². The van der Waals surface area contributed by atoms with Crippen molar-refractivity contribution < 1.29 is 14.3 Å². The first-order valence-corrected chi connectivity index (χ1v) is 8.14. The van der Waals surface area contributed by atoms with Crippen LogP contribution in [0.5, 0.6) is 11.5 Å². The lowest BCUT2D eigenvalue weighted by atomic mass is 10.1. The number of amides is 1. The van der Waals surface area contributed by atoms with Gasteiger partial charge in [0.05, 0.1) is 20.3 Å². The van der Waals surface area contributed by atoms with Crippen LogP contribution in [-0.2, 0) is 11.3 Å². The van der Waals surface area contributed by atoms with Crippen molar-refractivity contribution in [2.75, 3.05) is 14.2 Å². The van der Waals surface area contributed by atoms with Crippen LogP contribution in [0.25, 0.3) is 0 Å². The molecule has 0 fully saturated rings. The van der Waals surface area contributed by atoms with Gasteiger partial charge in [-0.05, 0) is 38.5 Å². The van der Waals surface area contributed by atoms with Crippen LogP contribution in [0.15, 0.2) is 23.0 Å². The van der Waals surface area contributed by atoms with Crippen LogP contribution in [0.4, 0.5) is 0 Å². The zero-order chi connectivity index (χ0) is 18.6. The van der Waals surface area contributed by atoms with Crippen LogP contribution < -0.4 is 20.5 Å². The SMILES string of the molecule is COc1ccc(C(C)NC(=O)CCn2c(C)c(C)[nH]c2=O)cc1OC. The van der Waals surface area contributed by atoms with Crippen molar-refractivity contribution in [2.24, 2.45) is 0 Å². The fraction of sp³-hybridized carbons (Fsp3) is 0.444. The first-order chi connectivity index (χ1) is 11.9. The number of imidazole rings is 1. The van der Waals surface area contributed by atoms with Crippen LogP contribution in [-0.4, -0.2) is 29.7 Å². The Labute approximate surface area is 147 Å². The van der Waals surface area contributed by atoms with Gasteiger partial charge in [-0.3, -0.25) is 9.36 Å². The first kappa shape index (κ1) is 18.6. The summed E-state index contributed by atoms with van der Waals surface area (Å²) in [6.07, 6.45) is 0.232. The van der Waals surface area contributed by atoms with Gasteiger partial charge in [0, 0.05) is 24.4 Å². The van der Waals surface area contributed by atoms with E-state index in [-0.39, 0.29) is 24.1 Å². The summed E-state index contributed by atoms with van der Waals surface area (Å²) in [4.78, 5) is 26.8. The molecule has 0 aliphatic carbocycles. The molecule has 0 saturated heterocycles. The van der Waals surface area contributed by atoms with E-state index in [0.717, 1.165) is 17.0 Å². The van der Waals surface area contributed by atoms with Crippen molar-refractivity contribution >= 4 is 5.91 Å². The highest BCUT2D eigenvalue weighted by Gasteiger charge is 2.14. The summed E-state index contributed by atoms with van der Waals surface area (Å²) >= 11 is 0. The summed E-state index contributed by atoms with van der Waals surface area (Å²) < 4.78 is 12.1. The minimum Gasteiger partial charge on any atom is -0.493 e. The van der Waals surface area contributed by atoms with Crippen molar-refractivity contribution in [1.29, 1.82) is 0 Å². The van der Waals surface area contributed by atoms with Gasteiger partial charge in [0.2, 0.25) is 5.91 Å². The maximum atomic E-state index is 12.2. The maximum Gasteiger partial charge on any atom is 0.325 e. The normalized spacial score (nSPS) is 11.9. The summed E-state index contributed by atoms with van der Waals surface area (Å²) in [5, 5.41) is 2.94. The molecule has 1 heterocycles. The van der Waals surface area contributed by atoms with Gasteiger partial charge in [-0.1, -0.05) is 6.07 Å². The van der Waals surface area contributed by atoms with E-state index in [1.165, 1.54) is 0 Å². The fourth-order valence-corrected chi connectivity index (χ4v) is 2.67. The van der Waals surface area contributed by atoms with E-state index in [9.17, 15) is 9.59 Å². The second kappa shape index (κ2) is 7.92. The monoisotopic (exact) mass is 347 g/mol. The van der Waals surface area contributed by atoms with Crippen molar-refractivity contribution in [3.8, 4) is 11.5 Å². The van der Waals surface area contributed by atoms with E-state index in [1.807, 2.05) is 39.0 Å².